The zero-order valence-corrected chi connectivity index (χ0v) is 16.7. The van der Waals surface area contributed by atoms with E-state index in [-0.39, 0.29) is 0 Å². The molecule has 0 N–H and O–H groups in total. The molecular weight excluding hydrogens is 348 g/mol. The topological polar surface area (TPSA) is 6.48 Å². The van der Waals surface area contributed by atoms with Gasteiger partial charge in [-0.25, -0.2) is 0 Å². The molecule has 25 heavy (non-hydrogen) atoms. The predicted molar refractivity (Wildman–Crippen MR) is 110 cm³/mol. The predicted octanol–water partition coefficient (Wildman–Crippen LogP) is 5.18. The summed E-state index contributed by atoms with van der Waals surface area (Å²) in [5.74, 6) is 0.850. The summed E-state index contributed by atoms with van der Waals surface area (Å²) in [5.41, 5.74) is 2.73. The molecule has 1 aromatic carbocycles. The summed E-state index contributed by atoms with van der Waals surface area (Å²) >= 11 is 8.04. The second kappa shape index (κ2) is 9.72. The lowest BCUT2D eigenvalue weighted by molar-refractivity contribution is 0.151. The van der Waals surface area contributed by atoms with Gasteiger partial charge in [-0.05, 0) is 92.3 Å². The Morgan fingerprint density at radius 1 is 1.20 bits per heavy atom. The monoisotopic (exact) mass is 376 g/mol. The van der Waals surface area contributed by atoms with E-state index in [2.05, 4.69) is 45.8 Å². The lowest BCUT2D eigenvalue weighted by atomic mass is 9.96. The Balaban J connectivity index is 1.32. The molecule has 2 nitrogen and oxygen atoms in total. The van der Waals surface area contributed by atoms with Crippen LogP contribution < -0.4 is 0 Å². The Labute approximate surface area is 161 Å². The van der Waals surface area contributed by atoms with Crippen molar-refractivity contribution in [1.29, 1.82) is 0 Å². The molecule has 0 radical (unpaired) electrons. The van der Waals surface area contributed by atoms with Gasteiger partial charge in [-0.15, -0.1) is 0 Å². The molecule has 0 amide bonds. The maximum atomic E-state index is 6.25. The first-order chi connectivity index (χ1) is 12.2. The molecular formula is C21H29ClN2S. The number of halogens is 1. The number of rotatable bonds is 8. The molecule has 1 aliphatic rings. The van der Waals surface area contributed by atoms with E-state index in [0.717, 1.165) is 23.9 Å². The molecule has 2 heterocycles. The van der Waals surface area contributed by atoms with Gasteiger partial charge in [0, 0.05) is 18.1 Å². The van der Waals surface area contributed by atoms with Crippen molar-refractivity contribution >= 4 is 22.9 Å². The Kier molecular flexibility index (Phi) is 7.35. The highest BCUT2D eigenvalue weighted by molar-refractivity contribution is 7.07. The molecule has 1 fully saturated rings. The fourth-order valence-electron chi connectivity index (χ4n) is 3.79. The zero-order valence-electron chi connectivity index (χ0n) is 15.2. The summed E-state index contributed by atoms with van der Waals surface area (Å²) in [7, 11) is 2.26. The molecule has 136 valence electrons. The molecule has 0 aliphatic carbocycles. The fourth-order valence-corrected chi connectivity index (χ4v) is 4.68. The van der Waals surface area contributed by atoms with E-state index >= 15 is 0 Å². The summed E-state index contributed by atoms with van der Waals surface area (Å²) in [6, 6.07) is 10.5. The highest BCUT2D eigenvalue weighted by Crippen LogP contribution is 2.21. The summed E-state index contributed by atoms with van der Waals surface area (Å²) < 4.78 is 0. The highest BCUT2D eigenvalue weighted by atomic mass is 35.5. The van der Waals surface area contributed by atoms with Crippen LogP contribution >= 0.6 is 22.9 Å². The van der Waals surface area contributed by atoms with E-state index in [4.69, 9.17) is 11.6 Å². The van der Waals surface area contributed by atoms with Gasteiger partial charge < -0.3 is 9.80 Å². The Morgan fingerprint density at radius 3 is 2.72 bits per heavy atom. The Morgan fingerprint density at radius 2 is 2.00 bits per heavy atom. The van der Waals surface area contributed by atoms with Crippen LogP contribution in [0, 0.1) is 5.92 Å². The average Bonchev–Trinajstić information content (AvgIpc) is 3.11. The third-order valence-corrected chi connectivity index (χ3v) is 6.29. The molecule has 0 unspecified atom stereocenters. The largest absolute Gasteiger partial charge is 0.303 e. The number of hydrogen-bond acceptors (Lipinski definition) is 3. The van der Waals surface area contributed by atoms with Crippen LogP contribution in [0.25, 0.3) is 0 Å². The van der Waals surface area contributed by atoms with Crippen LogP contribution in [-0.2, 0) is 13.0 Å². The Bertz CT molecular complexity index is 621. The van der Waals surface area contributed by atoms with Gasteiger partial charge in [0.15, 0.2) is 0 Å². The molecule has 1 aromatic heterocycles. The summed E-state index contributed by atoms with van der Waals surface area (Å²) in [5, 5.41) is 5.34. The van der Waals surface area contributed by atoms with E-state index in [1.807, 2.05) is 12.1 Å². The number of piperidine rings is 1. The normalized spacial score (nSPS) is 16.6. The minimum atomic E-state index is 0.850. The first kappa shape index (κ1) is 18.9. The van der Waals surface area contributed by atoms with Crippen LogP contribution in [0.4, 0.5) is 0 Å². The highest BCUT2D eigenvalue weighted by Gasteiger charge is 2.20. The van der Waals surface area contributed by atoms with Crippen LogP contribution in [0.1, 0.15) is 30.4 Å². The number of likely N-dealkylation sites (tertiary alicyclic amines) is 1. The molecule has 1 aliphatic heterocycles. The molecule has 0 spiro atoms. The smallest absolute Gasteiger partial charge is 0.0437 e. The quantitative estimate of drug-likeness (QED) is 0.626. The van der Waals surface area contributed by atoms with E-state index in [0.29, 0.717) is 0 Å². The van der Waals surface area contributed by atoms with Gasteiger partial charge in [0.25, 0.3) is 0 Å². The number of benzene rings is 1. The van der Waals surface area contributed by atoms with E-state index in [1.54, 1.807) is 11.3 Å². The standard InChI is InChI=1S/C21H29ClN2S/c1-23(16-19-10-14-25-17-19)15-18-8-12-24(13-9-18)11-4-6-20-5-2-3-7-21(20)22/h2-3,5,7,10,14,17-18H,4,6,8-9,11-13,15-16H2,1H3. The van der Waals surface area contributed by atoms with E-state index in [9.17, 15) is 0 Å². The van der Waals surface area contributed by atoms with Gasteiger partial charge in [-0.2, -0.15) is 11.3 Å². The fraction of sp³-hybridized carbons (Fsp3) is 0.524. The van der Waals surface area contributed by atoms with Crippen LogP contribution in [-0.4, -0.2) is 43.0 Å². The van der Waals surface area contributed by atoms with Crippen molar-refractivity contribution in [2.45, 2.75) is 32.2 Å². The minimum absolute atomic E-state index is 0.850. The van der Waals surface area contributed by atoms with Crippen LogP contribution in [0.5, 0.6) is 0 Å². The molecule has 2 aromatic rings. The molecule has 0 saturated carbocycles. The molecule has 4 heteroatoms. The van der Waals surface area contributed by atoms with Gasteiger partial charge in [0.1, 0.15) is 0 Å². The summed E-state index contributed by atoms with van der Waals surface area (Å²) in [6.07, 6.45) is 4.95. The molecule has 0 bridgehead atoms. The molecule has 1 saturated heterocycles. The number of thiophene rings is 1. The molecule has 0 atom stereocenters. The summed E-state index contributed by atoms with van der Waals surface area (Å²) in [4.78, 5) is 5.12. The minimum Gasteiger partial charge on any atom is -0.303 e. The molecule has 3 rings (SSSR count). The van der Waals surface area contributed by atoms with Crippen molar-refractivity contribution in [3.05, 3.63) is 57.2 Å². The van der Waals surface area contributed by atoms with Crippen molar-refractivity contribution < 1.29 is 0 Å². The Hall–Kier alpha value is -0.870. The van der Waals surface area contributed by atoms with Gasteiger partial charge in [0.2, 0.25) is 0 Å². The third-order valence-electron chi connectivity index (χ3n) is 5.19. The SMILES string of the molecule is CN(Cc1ccsc1)CC1CCN(CCCc2ccccc2Cl)CC1. The van der Waals surface area contributed by atoms with Crippen molar-refractivity contribution in [3.8, 4) is 0 Å². The number of hydrogen-bond donors (Lipinski definition) is 0. The van der Waals surface area contributed by atoms with Crippen LogP contribution in [0.3, 0.4) is 0 Å². The van der Waals surface area contributed by atoms with Crippen molar-refractivity contribution in [2.75, 3.05) is 33.2 Å². The first-order valence-corrected chi connectivity index (χ1v) is 10.7. The lowest BCUT2D eigenvalue weighted by Gasteiger charge is -2.34. The first-order valence-electron chi connectivity index (χ1n) is 9.36. The van der Waals surface area contributed by atoms with E-state index in [1.165, 1.54) is 56.6 Å². The lowest BCUT2D eigenvalue weighted by Crippen LogP contribution is -2.38. The average molecular weight is 377 g/mol. The van der Waals surface area contributed by atoms with Crippen LogP contribution in [0.15, 0.2) is 41.1 Å². The van der Waals surface area contributed by atoms with Gasteiger partial charge in [-0.3, -0.25) is 0 Å². The van der Waals surface area contributed by atoms with Gasteiger partial charge >= 0.3 is 0 Å². The number of nitrogens with zero attached hydrogens (tertiary/aromatic N) is 2. The second-order valence-electron chi connectivity index (χ2n) is 7.31. The van der Waals surface area contributed by atoms with Crippen molar-refractivity contribution in [1.82, 2.24) is 9.80 Å². The van der Waals surface area contributed by atoms with Crippen molar-refractivity contribution in [2.24, 2.45) is 5.92 Å². The van der Waals surface area contributed by atoms with Gasteiger partial charge in [0.05, 0.1) is 0 Å². The van der Waals surface area contributed by atoms with Gasteiger partial charge in [-0.1, -0.05) is 29.8 Å². The number of aryl methyl sites for hydroxylation is 1. The summed E-state index contributed by atoms with van der Waals surface area (Å²) in [6.45, 7) is 6.01. The second-order valence-corrected chi connectivity index (χ2v) is 8.50. The van der Waals surface area contributed by atoms with Crippen molar-refractivity contribution in [3.63, 3.8) is 0 Å². The maximum Gasteiger partial charge on any atom is 0.0437 e. The third kappa shape index (κ3) is 6.10. The van der Waals surface area contributed by atoms with E-state index < -0.39 is 0 Å². The zero-order chi connectivity index (χ0) is 17.5. The van der Waals surface area contributed by atoms with Crippen LogP contribution in [0.2, 0.25) is 5.02 Å². The maximum absolute atomic E-state index is 6.25.